The maximum Gasteiger partial charge on any atom is 0.305 e. The third-order valence-electron chi connectivity index (χ3n) is 19.8. The number of carbonyl (C=O) groups is 2. The molecule has 2 unspecified atom stereocenters. The number of hydrogen-bond donors (Lipinski definition) is 3. The van der Waals surface area contributed by atoms with E-state index < -0.39 is 12.1 Å². The Labute approximate surface area is 559 Å². The fourth-order valence-corrected chi connectivity index (χ4v) is 13.5. The highest BCUT2D eigenvalue weighted by molar-refractivity contribution is 5.76. The van der Waals surface area contributed by atoms with Gasteiger partial charge >= 0.3 is 5.97 Å². The average Bonchev–Trinajstić information content (AvgIpc) is 3.57. The Balaban J connectivity index is 3.34. The first-order chi connectivity index (χ1) is 44.0. The van der Waals surface area contributed by atoms with Gasteiger partial charge in [0.15, 0.2) is 0 Å². The van der Waals surface area contributed by atoms with Gasteiger partial charge in [-0.05, 0) is 32.1 Å². The molecular formula is C83H163NO5. The van der Waals surface area contributed by atoms with E-state index in [0.29, 0.717) is 19.4 Å². The summed E-state index contributed by atoms with van der Waals surface area (Å²) in [6.45, 7) is 4.97. The van der Waals surface area contributed by atoms with Crippen molar-refractivity contribution in [3.05, 3.63) is 12.2 Å². The Morgan fingerprint density at radius 2 is 0.517 bits per heavy atom. The third-order valence-corrected chi connectivity index (χ3v) is 19.8. The molecule has 0 aromatic carbocycles. The van der Waals surface area contributed by atoms with E-state index in [-0.39, 0.29) is 18.5 Å². The monoisotopic (exact) mass is 1250 g/mol. The summed E-state index contributed by atoms with van der Waals surface area (Å²) >= 11 is 0. The Hall–Kier alpha value is -1.40. The molecule has 0 radical (unpaired) electrons. The van der Waals surface area contributed by atoms with Crippen molar-refractivity contribution in [3.63, 3.8) is 0 Å². The van der Waals surface area contributed by atoms with Crippen LogP contribution in [-0.2, 0) is 14.3 Å². The van der Waals surface area contributed by atoms with E-state index in [9.17, 15) is 19.8 Å². The number of esters is 1. The normalized spacial score (nSPS) is 12.4. The number of hydrogen-bond acceptors (Lipinski definition) is 5. The summed E-state index contributed by atoms with van der Waals surface area (Å²) in [6, 6.07) is -0.626. The van der Waals surface area contributed by atoms with E-state index in [4.69, 9.17) is 4.74 Å². The number of allylic oxidation sites excluding steroid dienone is 1. The maximum atomic E-state index is 12.6. The van der Waals surface area contributed by atoms with Crippen molar-refractivity contribution in [1.29, 1.82) is 0 Å². The number of aliphatic hydroxyl groups excluding tert-OH is 2. The minimum absolute atomic E-state index is 0.0261. The number of rotatable bonds is 79. The van der Waals surface area contributed by atoms with Crippen molar-refractivity contribution in [3.8, 4) is 0 Å². The van der Waals surface area contributed by atoms with Gasteiger partial charge in [0.1, 0.15) is 0 Å². The quantitative estimate of drug-likeness (QED) is 0.0320. The third kappa shape index (κ3) is 75.5. The highest BCUT2D eigenvalue weighted by Gasteiger charge is 2.18. The molecule has 0 aliphatic rings. The van der Waals surface area contributed by atoms with Gasteiger partial charge < -0.3 is 20.3 Å². The van der Waals surface area contributed by atoms with Gasteiger partial charge in [-0.25, -0.2) is 0 Å². The lowest BCUT2D eigenvalue weighted by molar-refractivity contribution is -0.143. The smallest absolute Gasteiger partial charge is 0.305 e. The van der Waals surface area contributed by atoms with Crippen LogP contribution >= 0.6 is 0 Å². The zero-order valence-corrected chi connectivity index (χ0v) is 61.0. The van der Waals surface area contributed by atoms with E-state index >= 15 is 0 Å². The van der Waals surface area contributed by atoms with Gasteiger partial charge in [0, 0.05) is 12.8 Å². The number of carbonyl (C=O) groups excluding carboxylic acids is 2. The van der Waals surface area contributed by atoms with Gasteiger partial charge in [-0.2, -0.15) is 0 Å². The lowest BCUT2D eigenvalue weighted by Gasteiger charge is -2.20. The highest BCUT2D eigenvalue weighted by Crippen LogP contribution is 2.21. The molecule has 6 heteroatoms. The summed E-state index contributed by atoms with van der Waals surface area (Å²) in [5.41, 5.74) is 0. The second-order valence-corrected chi connectivity index (χ2v) is 28.8. The summed E-state index contributed by atoms with van der Waals surface area (Å²) in [4.78, 5) is 24.7. The first-order valence-corrected chi connectivity index (χ1v) is 41.5. The molecule has 0 aromatic rings. The number of aliphatic hydroxyl groups is 2. The molecule has 0 rings (SSSR count). The van der Waals surface area contributed by atoms with E-state index in [0.717, 1.165) is 38.5 Å². The molecule has 0 saturated carbocycles. The summed E-state index contributed by atoms with van der Waals surface area (Å²) in [7, 11) is 0. The van der Waals surface area contributed by atoms with Crippen molar-refractivity contribution in [2.75, 3.05) is 13.2 Å². The lowest BCUT2D eigenvalue weighted by Crippen LogP contribution is -2.45. The first kappa shape index (κ1) is 87.6. The minimum Gasteiger partial charge on any atom is -0.466 e. The van der Waals surface area contributed by atoms with Gasteiger partial charge in [0.2, 0.25) is 5.91 Å². The Kier molecular flexibility index (Phi) is 77.8. The van der Waals surface area contributed by atoms with Gasteiger partial charge in [0.25, 0.3) is 0 Å². The molecule has 0 spiro atoms. The SMILES string of the molecule is CCCCCCCCCCCCCCCCCCCCCCC/C=C/C(O)C(CO)NC(=O)CCCCCCCCCCCCCCCCCCCCCCCCCCCCCCCCOC(=O)CCCCCCCCCCCCCCCCCCCCC. The first-order valence-electron chi connectivity index (χ1n) is 41.5. The van der Waals surface area contributed by atoms with Crippen LogP contribution in [0.3, 0.4) is 0 Å². The van der Waals surface area contributed by atoms with Crippen molar-refractivity contribution < 1.29 is 24.5 Å². The van der Waals surface area contributed by atoms with Crippen molar-refractivity contribution in [1.82, 2.24) is 5.32 Å². The zero-order chi connectivity index (χ0) is 64.2. The Morgan fingerprint density at radius 1 is 0.303 bits per heavy atom. The van der Waals surface area contributed by atoms with E-state index in [2.05, 4.69) is 19.2 Å². The molecule has 530 valence electrons. The molecule has 0 aliphatic heterocycles. The molecular weight excluding hydrogens is 1090 g/mol. The molecule has 6 nitrogen and oxygen atoms in total. The predicted molar refractivity (Wildman–Crippen MR) is 394 cm³/mol. The van der Waals surface area contributed by atoms with Crippen LogP contribution in [0.15, 0.2) is 12.2 Å². The van der Waals surface area contributed by atoms with Crippen LogP contribution in [0.2, 0.25) is 0 Å². The standard InChI is InChI=1S/C83H163NO5/c1-3-5-7-9-11-13-15-17-19-21-23-24-33-36-40-43-47-51-55-59-63-67-71-75-81(86)80(79-85)84-82(87)76-72-68-64-60-56-52-48-44-41-37-34-31-29-27-25-26-28-30-32-35-38-42-46-50-54-58-62-66-70-74-78-89-83(88)77-73-69-65-61-57-53-49-45-39-22-20-18-16-14-12-10-8-6-4-2/h71,75,80-81,85-86H,3-70,72-74,76-79H2,1-2H3,(H,84,87)/b75-71+. The van der Waals surface area contributed by atoms with Crippen molar-refractivity contribution in [2.24, 2.45) is 0 Å². The van der Waals surface area contributed by atoms with Crippen molar-refractivity contribution in [2.45, 2.75) is 495 Å². The van der Waals surface area contributed by atoms with E-state index in [1.807, 2.05) is 6.08 Å². The Bertz CT molecular complexity index is 1350. The van der Waals surface area contributed by atoms with Gasteiger partial charge in [-0.3, -0.25) is 9.59 Å². The fourth-order valence-electron chi connectivity index (χ4n) is 13.5. The second kappa shape index (κ2) is 79.0. The van der Waals surface area contributed by atoms with E-state index in [1.54, 1.807) is 6.08 Å². The number of ether oxygens (including phenoxy) is 1. The molecule has 0 saturated heterocycles. The van der Waals surface area contributed by atoms with Gasteiger partial charge in [-0.15, -0.1) is 0 Å². The van der Waals surface area contributed by atoms with Crippen LogP contribution in [0.25, 0.3) is 0 Å². The molecule has 89 heavy (non-hydrogen) atoms. The molecule has 3 N–H and O–H groups in total. The molecule has 0 bridgehead atoms. The summed E-state index contributed by atoms with van der Waals surface area (Å²) in [5, 5.41) is 23.3. The van der Waals surface area contributed by atoms with Crippen LogP contribution in [0, 0.1) is 0 Å². The molecule has 2 atom stereocenters. The highest BCUT2D eigenvalue weighted by atomic mass is 16.5. The zero-order valence-electron chi connectivity index (χ0n) is 61.0. The Morgan fingerprint density at radius 3 is 0.764 bits per heavy atom. The largest absolute Gasteiger partial charge is 0.466 e. The van der Waals surface area contributed by atoms with Crippen LogP contribution < -0.4 is 5.32 Å². The summed E-state index contributed by atoms with van der Waals surface area (Å²) < 4.78 is 5.52. The predicted octanol–water partition coefficient (Wildman–Crippen LogP) is 27.4. The summed E-state index contributed by atoms with van der Waals surface area (Å²) in [6.07, 6.45) is 101. The lowest BCUT2D eigenvalue weighted by atomic mass is 10.0. The van der Waals surface area contributed by atoms with Crippen molar-refractivity contribution >= 4 is 11.9 Å². The van der Waals surface area contributed by atoms with Gasteiger partial charge in [0.05, 0.1) is 25.4 Å². The number of nitrogens with one attached hydrogen (secondary N) is 1. The second-order valence-electron chi connectivity index (χ2n) is 28.8. The topological polar surface area (TPSA) is 95.9 Å². The molecule has 1 amide bonds. The van der Waals surface area contributed by atoms with Crippen LogP contribution in [0.4, 0.5) is 0 Å². The van der Waals surface area contributed by atoms with Gasteiger partial charge in [-0.1, -0.05) is 450 Å². The summed E-state index contributed by atoms with van der Waals surface area (Å²) in [5.74, 6) is -0.0321. The van der Waals surface area contributed by atoms with E-state index in [1.165, 1.54) is 417 Å². The fraction of sp³-hybridized carbons (Fsp3) is 0.952. The van der Waals surface area contributed by atoms with Crippen LogP contribution in [0.1, 0.15) is 483 Å². The minimum atomic E-state index is -0.843. The maximum absolute atomic E-state index is 12.6. The number of unbranched alkanes of at least 4 members (excludes halogenated alkanes) is 68. The molecule has 0 aromatic heterocycles. The van der Waals surface area contributed by atoms with Crippen LogP contribution in [-0.4, -0.2) is 47.4 Å². The molecule has 0 aliphatic carbocycles. The molecule has 0 fully saturated rings. The molecule has 0 heterocycles. The van der Waals surface area contributed by atoms with Crippen LogP contribution in [0.5, 0.6) is 0 Å². The average molecular weight is 1260 g/mol. The number of amides is 1.